The molecule has 0 N–H and O–H groups in total. The van der Waals surface area contributed by atoms with Gasteiger partial charge in [-0.1, -0.05) is 0 Å². The molecule has 4 saturated carbocycles. The van der Waals surface area contributed by atoms with Crippen molar-refractivity contribution >= 4 is 11.8 Å². The second kappa shape index (κ2) is 4.84. The first-order valence-electron chi connectivity index (χ1n) is 7.30. The largest absolute Gasteiger partial charge is 0.198 e. The fourth-order valence-electron chi connectivity index (χ4n) is 4.80. The van der Waals surface area contributed by atoms with Crippen molar-refractivity contribution in [3.05, 3.63) is 0 Å². The van der Waals surface area contributed by atoms with Crippen molar-refractivity contribution in [2.24, 2.45) is 17.8 Å². The van der Waals surface area contributed by atoms with Crippen molar-refractivity contribution in [1.82, 2.24) is 0 Å². The van der Waals surface area contributed by atoms with E-state index in [9.17, 15) is 0 Å². The van der Waals surface area contributed by atoms with E-state index in [0.29, 0.717) is 4.75 Å². The number of unbranched alkanes of at least 4 members (excludes halogenated alkanes) is 2. The van der Waals surface area contributed by atoms with Gasteiger partial charge in [0.05, 0.1) is 6.07 Å². The highest BCUT2D eigenvalue weighted by Crippen LogP contribution is 2.60. The first-order valence-corrected chi connectivity index (χ1v) is 8.29. The van der Waals surface area contributed by atoms with Crippen molar-refractivity contribution in [2.45, 2.75) is 62.5 Å². The van der Waals surface area contributed by atoms with Crippen molar-refractivity contribution in [1.29, 1.82) is 5.26 Å². The normalized spacial score (nSPS) is 42.6. The van der Waals surface area contributed by atoms with E-state index in [4.69, 9.17) is 5.26 Å². The van der Waals surface area contributed by atoms with Crippen LogP contribution in [0, 0.1) is 29.1 Å². The molecule has 1 nitrogen and oxygen atoms in total. The average Bonchev–Trinajstić information content (AvgIpc) is 2.26. The molecule has 4 bridgehead atoms. The Labute approximate surface area is 109 Å². The maximum Gasteiger partial charge on any atom is 0.0621 e. The lowest BCUT2D eigenvalue weighted by molar-refractivity contribution is 0.0383. The zero-order valence-corrected chi connectivity index (χ0v) is 11.5. The molecular weight excluding hydrogens is 226 g/mol. The van der Waals surface area contributed by atoms with E-state index in [1.807, 2.05) is 0 Å². The van der Waals surface area contributed by atoms with Gasteiger partial charge in [0, 0.05) is 11.2 Å². The van der Waals surface area contributed by atoms with E-state index >= 15 is 0 Å². The molecule has 94 valence electrons. The second-order valence-electron chi connectivity index (χ2n) is 6.56. The van der Waals surface area contributed by atoms with Crippen molar-refractivity contribution in [2.75, 3.05) is 5.75 Å². The lowest BCUT2D eigenvalue weighted by atomic mass is 9.56. The van der Waals surface area contributed by atoms with Gasteiger partial charge in [0.1, 0.15) is 0 Å². The highest BCUT2D eigenvalue weighted by Gasteiger charge is 2.50. The first kappa shape index (κ1) is 11.9. The van der Waals surface area contributed by atoms with Crippen LogP contribution >= 0.6 is 11.8 Å². The Morgan fingerprint density at radius 2 is 1.59 bits per heavy atom. The van der Waals surface area contributed by atoms with Gasteiger partial charge in [-0.3, -0.25) is 0 Å². The highest BCUT2D eigenvalue weighted by atomic mass is 32.2. The lowest BCUT2D eigenvalue weighted by Crippen LogP contribution is -2.48. The number of thioether (sulfide) groups is 1. The van der Waals surface area contributed by atoms with Crippen LogP contribution in [0.15, 0.2) is 0 Å². The Kier molecular flexibility index (Phi) is 3.39. The van der Waals surface area contributed by atoms with Crippen molar-refractivity contribution in [3.63, 3.8) is 0 Å². The number of hydrogen-bond donors (Lipinski definition) is 0. The van der Waals surface area contributed by atoms with Gasteiger partial charge in [0.25, 0.3) is 0 Å². The summed E-state index contributed by atoms with van der Waals surface area (Å²) in [6.45, 7) is 0. The first-order chi connectivity index (χ1) is 8.30. The van der Waals surface area contributed by atoms with Gasteiger partial charge in [0.15, 0.2) is 0 Å². The summed E-state index contributed by atoms with van der Waals surface area (Å²) in [5, 5.41) is 8.54. The van der Waals surface area contributed by atoms with Crippen LogP contribution in [0.25, 0.3) is 0 Å². The van der Waals surface area contributed by atoms with Gasteiger partial charge >= 0.3 is 0 Å². The van der Waals surface area contributed by atoms with Gasteiger partial charge < -0.3 is 0 Å². The second-order valence-corrected chi connectivity index (χ2v) is 8.13. The molecule has 0 atom stereocenters. The summed E-state index contributed by atoms with van der Waals surface area (Å²) in [4.78, 5) is 0. The SMILES string of the molecule is N#CCCCCSC12CC3CC(CC(C3)C1)C2. The molecule has 17 heavy (non-hydrogen) atoms. The summed E-state index contributed by atoms with van der Waals surface area (Å²) in [5.74, 6) is 4.53. The molecule has 0 radical (unpaired) electrons. The summed E-state index contributed by atoms with van der Waals surface area (Å²) in [5.41, 5.74) is 0. The minimum atomic E-state index is 0.682. The predicted octanol–water partition coefficient (Wildman–Crippen LogP) is 4.38. The third-order valence-corrected chi connectivity index (χ3v) is 6.68. The molecule has 0 heterocycles. The Morgan fingerprint density at radius 3 is 2.12 bits per heavy atom. The van der Waals surface area contributed by atoms with Gasteiger partial charge in [-0.25, -0.2) is 0 Å². The van der Waals surface area contributed by atoms with E-state index in [-0.39, 0.29) is 0 Å². The van der Waals surface area contributed by atoms with Gasteiger partial charge in [-0.15, -0.1) is 0 Å². The summed E-state index contributed by atoms with van der Waals surface area (Å²) >= 11 is 2.28. The van der Waals surface area contributed by atoms with Gasteiger partial charge in [-0.05, 0) is 74.9 Å². The smallest absolute Gasteiger partial charge is 0.0621 e. The molecule has 0 aliphatic heterocycles. The van der Waals surface area contributed by atoms with E-state index in [1.54, 1.807) is 19.3 Å². The number of rotatable bonds is 5. The third-order valence-electron chi connectivity index (χ3n) is 5.07. The zero-order chi connectivity index (χ0) is 11.7. The van der Waals surface area contributed by atoms with Crippen LogP contribution in [-0.2, 0) is 0 Å². The number of nitrogens with zero attached hydrogens (tertiary/aromatic N) is 1. The van der Waals surface area contributed by atoms with Crippen molar-refractivity contribution < 1.29 is 0 Å². The predicted molar refractivity (Wildman–Crippen MR) is 72.8 cm³/mol. The lowest BCUT2D eigenvalue weighted by Gasteiger charge is -2.56. The molecule has 0 spiro atoms. The molecule has 0 unspecified atom stereocenters. The van der Waals surface area contributed by atoms with E-state index in [1.165, 1.54) is 31.4 Å². The molecule has 4 fully saturated rings. The Balaban J connectivity index is 1.51. The standard InChI is InChI=1S/C15H23NS/c16-4-2-1-3-5-17-15-9-12-6-13(10-15)8-14(7-12)11-15/h12-14H,1-3,5-11H2. The van der Waals surface area contributed by atoms with Crippen LogP contribution in [0.3, 0.4) is 0 Å². The van der Waals surface area contributed by atoms with E-state index in [0.717, 1.165) is 30.6 Å². The zero-order valence-electron chi connectivity index (χ0n) is 10.7. The summed E-state index contributed by atoms with van der Waals surface area (Å²) in [7, 11) is 0. The average molecular weight is 249 g/mol. The number of nitriles is 1. The molecular formula is C15H23NS. The van der Waals surface area contributed by atoms with Crippen LogP contribution < -0.4 is 0 Å². The van der Waals surface area contributed by atoms with E-state index in [2.05, 4.69) is 17.8 Å². The summed E-state index contributed by atoms with van der Waals surface area (Å²) in [6, 6.07) is 2.25. The van der Waals surface area contributed by atoms with E-state index < -0.39 is 0 Å². The molecule has 2 heteroatoms. The molecule has 0 saturated heterocycles. The Bertz CT molecular complexity index is 282. The fraction of sp³-hybridized carbons (Fsp3) is 0.933. The van der Waals surface area contributed by atoms with Crippen LogP contribution in [0.1, 0.15) is 57.8 Å². The van der Waals surface area contributed by atoms with Gasteiger partial charge in [0.2, 0.25) is 0 Å². The molecule has 0 aromatic rings. The third kappa shape index (κ3) is 2.50. The summed E-state index contributed by atoms with van der Waals surface area (Å²) < 4.78 is 0.682. The van der Waals surface area contributed by atoms with Crippen LogP contribution in [0.4, 0.5) is 0 Å². The molecule has 0 amide bonds. The van der Waals surface area contributed by atoms with Crippen LogP contribution in [-0.4, -0.2) is 10.5 Å². The maximum absolute atomic E-state index is 8.54. The van der Waals surface area contributed by atoms with Crippen LogP contribution in [0.2, 0.25) is 0 Å². The monoisotopic (exact) mass is 249 g/mol. The maximum atomic E-state index is 8.54. The molecule has 0 aromatic carbocycles. The fourth-order valence-corrected chi connectivity index (χ4v) is 6.64. The quantitative estimate of drug-likeness (QED) is 0.675. The number of hydrogen-bond acceptors (Lipinski definition) is 2. The van der Waals surface area contributed by atoms with Gasteiger partial charge in [-0.2, -0.15) is 17.0 Å². The molecule has 4 rings (SSSR count). The Morgan fingerprint density at radius 1 is 1.00 bits per heavy atom. The summed E-state index contributed by atoms with van der Waals surface area (Å²) in [6.07, 6.45) is 12.3. The molecule has 0 aromatic heterocycles. The minimum Gasteiger partial charge on any atom is -0.198 e. The topological polar surface area (TPSA) is 23.8 Å². The van der Waals surface area contributed by atoms with Crippen molar-refractivity contribution in [3.8, 4) is 6.07 Å². The highest BCUT2D eigenvalue weighted by molar-refractivity contribution is 8.00. The van der Waals surface area contributed by atoms with Crippen LogP contribution in [0.5, 0.6) is 0 Å². The molecule has 4 aliphatic carbocycles. The minimum absolute atomic E-state index is 0.682. The Hall–Kier alpha value is -0.160. The molecule has 4 aliphatic rings.